The Labute approximate surface area is 170 Å². The maximum absolute atomic E-state index is 12.4. The molecule has 0 atom stereocenters. The minimum absolute atomic E-state index is 0.332. The summed E-state index contributed by atoms with van der Waals surface area (Å²) in [7, 11) is 0. The van der Waals surface area contributed by atoms with Crippen molar-refractivity contribution in [1.82, 2.24) is 0 Å². The molecule has 29 heavy (non-hydrogen) atoms. The molecule has 0 aliphatic heterocycles. The number of hydrogen-bond donors (Lipinski definition) is 1. The molecule has 0 aliphatic carbocycles. The standard InChI is InChI=1S/C26H23NO2/c1-16-5-8-20(9-6-16)23-15-22-14-21(10-12-25(22)29-26(23)28)19(4)27-24-11-7-17(2)13-18(24)3/h5-15,27H,4H2,1-3H3. The average molecular weight is 381 g/mol. The van der Waals surface area contributed by atoms with Crippen molar-refractivity contribution in [3.05, 3.63) is 106 Å². The third kappa shape index (κ3) is 3.85. The van der Waals surface area contributed by atoms with E-state index in [2.05, 4.69) is 43.9 Å². The van der Waals surface area contributed by atoms with Crippen molar-refractivity contribution < 1.29 is 4.42 Å². The summed E-state index contributed by atoms with van der Waals surface area (Å²) in [5.41, 5.74) is 7.95. The molecule has 0 bridgehead atoms. The molecule has 0 amide bonds. The highest BCUT2D eigenvalue weighted by atomic mass is 16.4. The molecule has 0 aliphatic rings. The van der Waals surface area contributed by atoms with Gasteiger partial charge in [-0.3, -0.25) is 0 Å². The van der Waals surface area contributed by atoms with Crippen LogP contribution < -0.4 is 10.9 Å². The van der Waals surface area contributed by atoms with Gasteiger partial charge in [-0.25, -0.2) is 4.79 Å². The molecule has 4 aromatic rings. The van der Waals surface area contributed by atoms with Gasteiger partial charge in [0, 0.05) is 16.8 Å². The molecule has 0 spiro atoms. The van der Waals surface area contributed by atoms with E-state index in [1.54, 1.807) is 0 Å². The first-order valence-electron chi connectivity index (χ1n) is 9.59. The van der Waals surface area contributed by atoms with Crippen LogP contribution in [0.15, 0.2) is 82.5 Å². The smallest absolute Gasteiger partial charge is 0.344 e. The van der Waals surface area contributed by atoms with Crippen molar-refractivity contribution in [2.75, 3.05) is 5.32 Å². The minimum Gasteiger partial charge on any atom is -0.422 e. The number of nitrogens with one attached hydrogen (secondary N) is 1. The van der Waals surface area contributed by atoms with E-state index in [1.165, 1.54) is 11.1 Å². The lowest BCUT2D eigenvalue weighted by Crippen LogP contribution is -2.03. The van der Waals surface area contributed by atoms with Crippen LogP contribution in [0.3, 0.4) is 0 Å². The van der Waals surface area contributed by atoms with Crippen molar-refractivity contribution in [3.8, 4) is 11.1 Å². The van der Waals surface area contributed by atoms with Crippen molar-refractivity contribution in [2.45, 2.75) is 20.8 Å². The number of rotatable bonds is 4. The van der Waals surface area contributed by atoms with Crippen LogP contribution in [0.25, 0.3) is 27.8 Å². The van der Waals surface area contributed by atoms with Crippen LogP contribution >= 0.6 is 0 Å². The number of fused-ring (bicyclic) bond motifs is 1. The van der Waals surface area contributed by atoms with Crippen molar-refractivity contribution in [3.63, 3.8) is 0 Å². The maximum Gasteiger partial charge on any atom is 0.344 e. The van der Waals surface area contributed by atoms with Crippen LogP contribution in [-0.2, 0) is 0 Å². The second-order valence-electron chi connectivity index (χ2n) is 7.49. The zero-order valence-electron chi connectivity index (χ0n) is 16.9. The third-order valence-corrected chi connectivity index (χ3v) is 5.11. The molecule has 0 fully saturated rings. The average Bonchev–Trinajstić information content (AvgIpc) is 2.70. The molecule has 4 rings (SSSR count). The largest absolute Gasteiger partial charge is 0.422 e. The fraction of sp³-hybridized carbons (Fsp3) is 0.115. The fourth-order valence-electron chi connectivity index (χ4n) is 3.43. The van der Waals surface area contributed by atoms with E-state index < -0.39 is 0 Å². The summed E-state index contributed by atoms with van der Waals surface area (Å²) in [5, 5.41) is 4.26. The maximum atomic E-state index is 12.4. The Balaban J connectivity index is 1.71. The molecule has 1 heterocycles. The summed E-state index contributed by atoms with van der Waals surface area (Å²) in [6.07, 6.45) is 0. The van der Waals surface area contributed by atoms with Gasteiger partial charge in [0.25, 0.3) is 0 Å². The van der Waals surface area contributed by atoms with E-state index in [0.717, 1.165) is 33.5 Å². The van der Waals surface area contributed by atoms with Crippen LogP contribution in [0.1, 0.15) is 22.3 Å². The Hall–Kier alpha value is -3.59. The summed E-state index contributed by atoms with van der Waals surface area (Å²) in [6, 6.07) is 21.8. The van der Waals surface area contributed by atoms with Crippen molar-refractivity contribution in [2.24, 2.45) is 0 Å². The predicted molar refractivity (Wildman–Crippen MR) is 121 cm³/mol. The molecule has 0 unspecified atom stereocenters. The van der Waals surface area contributed by atoms with Gasteiger partial charge >= 0.3 is 5.63 Å². The molecule has 0 saturated carbocycles. The lowest BCUT2D eigenvalue weighted by Gasteiger charge is -2.13. The van der Waals surface area contributed by atoms with Gasteiger partial charge in [0.1, 0.15) is 5.58 Å². The first kappa shape index (κ1) is 18.8. The van der Waals surface area contributed by atoms with E-state index in [4.69, 9.17) is 4.42 Å². The van der Waals surface area contributed by atoms with E-state index in [0.29, 0.717) is 11.1 Å². The molecule has 0 radical (unpaired) electrons. The van der Waals surface area contributed by atoms with Crippen LogP contribution in [0.5, 0.6) is 0 Å². The molecule has 3 heteroatoms. The number of hydrogen-bond acceptors (Lipinski definition) is 3. The van der Waals surface area contributed by atoms with E-state index in [1.807, 2.05) is 55.5 Å². The van der Waals surface area contributed by atoms with E-state index in [-0.39, 0.29) is 5.63 Å². The van der Waals surface area contributed by atoms with Gasteiger partial charge < -0.3 is 9.73 Å². The number of benzene rings is 3. The molecule has 1 aromatic heterocycles. The molecule has 144 valence electrons. The molecular weight excluding hydrogens is 358 g/mol. The van der Waals surface area contributed by atoms with Gasteiger partial charge in [-0.05, 0) is 67.8 Å². The Bertz CT molecular complexity index is 1280. The van der Waals surface area contributed by atoms with Gasteiger partial charge in [-0.1, -0.05) is 54.1 Å². The SMILES string of the molecule is C=C(Nc1ccc(C)cc1C)c1ccc2oc(=O)c(-c3ccc(C)cc3)cc2c1. The van der Waals surface area contributed by atoms with Crippen molar-refractivity contribution >= 4 is 22.4 Å². The molecular formula is C26H23NO2. The Kier molecular flexibility index (Phi) is 4.81. The zero-order valence-corrected chi connectivity index (χ0v) is 16.9. The lowest BCUT2D eigenvalue weighted by molar-refractivity contribution is 0.563. The van der Waals surface area contributed by atoms with E-state index >= 15 is 0 Å². The quantitative estimate of drug-likeness (QED) is 0.412. The molecule has 3 nitrogen and oxygen atoms in total. The van der Waals surface area contributed by atoms with Crippen LogP contribution in [0.4, 0.5) is 5.69 Å². The lowest BCUT2D eigenvalue weighted by atomic mass is 10.0. The van der Waals surface area contributed by atoms with E-state index in [9.17, 15) is 4.79 Å². The summed E-state index contributed by atoms with van der Waals surface area (Å²) in [4.78, 5) is 12.4. The Morgan fingerprint density at radius 1 is 0.862 bits per heavy atom. The van der Waals surface area contributed by atoms with Crippen LogP contribution in [-0.4, -0.2) is 0 Å². The van der Waals surface area contributed by atoms with Crippen molar-refractivity contribution in [1.29, 1.82) is 0 Å². The van der Waals surface area contributed by atoms with Crippen LogP contribution in [0.2, 0.25) is 0 Å². The summed E-state index contributed by atoms with van der Waals surface area (Å²) in [6.45, 7) is 10.4. The molecule has 0 saturated heterocycles. The van der Waals surface area contributed by atoms with Crippen LogP contribution in [0, 0.1) is 20.8 Å². The minimum atomic E-state index is -0.332. The highest BCUT2D eigenvalue weighted by Gasteiger charge is 2.10. The van der Waals surface area contributed by atoms with Gasteiger partial charge in [0.2, 0.25) is 0 Å². The van der Waals surface area contributed by atoms with Gasteiger partial charge in [0.15, 0.2) is 0 Å². The fourth-order valence-corrected chi connectivity index (χ4v) is 3.43. The number of anilines is 1. The van der Waals surface area contributed by atoms with Gasteiger partial charge in [-0.15, -0.1) is 0 Å². The highest BCUT2D eigenvalue weighted by Crippen LogP contribution is 2.26. The number of aryl methyl sites for hydroxylation is 3. The van der Waals surface area contributed by atoms with Gasteiger partial charge in [-0.2, -0.15) is 0 Å². The van der Waals surface area contributed by atoms with Gasteiger partial charge in [0.05, 0.1) is 5.56 Å². The summed E-state index contributed by atoms with van der Waals surface area (Å²) in [5.74, 6) is 0. The normalized spacial score (nSPS) is 10.9. The monoisotopic (exact) mass is 381 g/mol. The first-order valence-corrected chi connectivity index (χ1v) is 9.59. The Morgan fingerprint density at radius 2 is 1.59 bits per heavy atom. The topological polar surface area (TPSA) is 42.2 Å². The Morgan fingerprint density at radius 3 is 2.31 bits per heavy atom. The second kappa shape index (κ2) is 7.44. The predicted octanol–water partition coefficient (Wildman–Crippen LogP) is 6.47. The first-order chi connectivity index (χ1) is 13.9. The summed E-state index contributed by atoms with van der Waals surface area (Å²) >= 11 is 0. The summed E-state index contributed by atoms with van der Waals surface area (Å²) < 4.78 is 5.56. The zero-order chi connectivity index (χ0) is 20.5. The highest BCUT2D eigenvalue weighted by molar-refractivity contribution is 5.87. The molecule has 1 N–H and O–H groups in total. The second-order valence-corrected chi connectivity index (χ2v) is 7.49. The third-order valence-electron chi connectivity index (χ3n) is 5.11. The molecule has 3 aromatic carbocycles.